The van der Waals surface area contributed by atoms with Crippen molar-refractivity contribution >= 4 is 0 Å². The quantitative estimate of drug-likeness (QED) is 0.161. The maximum absolute atomic E-state index is 4.77. The zero-order chi connectivity index (χ0) is 37.9. The van der Waals surface area contributed by atoms with Gasteiger partial charge in [0.05, 0.1) is 0 Å². The fourth-order valence-corrected chi connectivity index (χ4v) is 4.90. The van der Waals surface area contributed by atoms with E-state index in [9.17, 15) is 0 Å². The van der Waals surface area contributed by atoms with E-state index in [-0.39, 0.29) is 112 Å². The van der Waals surface area contributed by atoms with Crippen molar-refractivity contribution < 1.29 is 89.9 Å². The van der Waals surface area contributed by atoms with E-state index >= 15 is 0 Å². The first kappa shape index (κ1) is 51.7. The Balaban J connectivity index is 0.000000523. The van der Waals surface area contributed by atoms with Gasteiger partial charge in [-0.1, -0.05) is 118 Å². The first-order valence-electron chi connectivity index (χ1n) is 17.7. The van der Waals surface area contributed by atoms with Gasteiger partial charge in [0.1, 0.15) is 34.9 Å². The third-order valence-electron chi connectivity index (χ3n) is 7.96. The van der Waals surface area contributed by atoms with E-state index in [1.807, 2.05) is 72.8 Å². The summed E-state index contributed by atoms with van der Waals surface area (Å²) in [7, 11) is 0. The summed E-state index contributed by atoms with van der Waals surface area (Å²) in [6.45, 7) is 25.5. The van der Waals surface area contributed by atoms with E-state index in [2.05, 4.69) is 105 Å². The summed E-state index contributed by atoms with van der Waals surface area (Å²) in [6, 6.07) is 30.1. The van der Waals surface area contributed by atoms with Crippen molar-refractivity contribution in [2.24, 2.45) is 0 Å². The van der Waals surface area contributed by atoms with Gasteiger partial charge in [-0.2, -0.15) is 0 Å². The van der Waals surface area contributed by atoms with Crippen molar-refractivity contribution in [1.29, 1.82) is 0 Å². The van der Waals surface area contributed by atoms with Crippen molar-refractivity contribution in [2.45, 2.75) is 105 Å². The molecule has 6 rings (SSSR count). The summed E-state index contributed by atoms with van der Waals surface area (Å²) in [4.78, 5) is 37.4. The zero-order valence-electron chi connectivity index (χ0n) is 34.3. The van der Waals surface area contributed by atoms with Crippen LogP contribution >= 0.6 is 0 Å². The van der Waals surface area contributed by atoms with Crippen LogP contribution in [0.5, 0.6) is 0 Å². The topological polar surface area (TPSA) is 103 Å². The predicted molar refractivity (Wildman–Crippen MR) is 209 cm³/mol. The van der Waals surface area contributed by atoms with E-state index in [0.29, 0.717) is 11.6 Å². The Morgan fingerprint density at radius 2 is 0.732 bits per heavy atom. The minimum Gasteiger partial charge on any atom is -0.305 e. The first-order chi connectivity index (χ1) is 24.3. The van der Waals surface area contributed by atoms with Crippen molar-refractivity contribution in [3.8, 4) is 45.3 Å². The number of hydrogen-bond donors (Lipinski definition) is 0. The largest absolute Gasteiger partial charge is 0.305 e. The standard InChI is InChI=1S/2C22H25N4.2Ir.U.V/c2*1-21(2,3)19-24-18(25-20(26-19)22(4,5)6)16-11-9-10-15(14-16)17-12-7-8-13-23-17;;;;/h2*7-9,11-14H,1-6H3;;;;/q2*-1;;;;. The SMILES string of the molecule is CC(C)(C)c1nc(-c2cc[c-]c(-c3ccccn3)c2)nc(C(C)(C)C)n1.CC(C)(C)c1nc(-c2cc[c-]c(-c3ccccn3)c2)nc(C(C)(C)C)n1.[Ir].[Ir].[U].[V]. The van der Waals surface area contributed by atoms with Gasteiger partial charge in [-0.15, -0.1) is 59.7 Å². The smallest absolute Gasteiger partial charge is 0.145 e. The van der Waals surface area contributed by atoms with Gasteiger partial charge < -0.3 is 9.97 Å². The van der Waals surface area contributed by atoms with Crippen LogP contribution in [0, 0.1) is 43.2 Å². The molecule has 0 saturated heterocycles. The van der Waals surface area contributed by atoms with Gasteiger partial charge >= 0.3 is 0 Å². The van der Waals surface area contributed by atoms with Crippen LogP contribution in [-0.4, -0.2) is 39.9 Å². The number of benzene rings is 2. The number of pyridine rings is 2. The normalized spacial score (nSPS) is 11.4. The molecular weight excluding hydrogens is 1310 g/mol. The molecule has 3 radical (unpaired) electrons. The average Bonchev–Trinajstić information content (AvgIpc) is 3.11. The van der Waals surface area contributed by atoms with Crippen LogP contribution in [0.3, 0.4) is 0 Å². The zero-order valence-corrected chi connectivity index (χ0v) is 44.6. The molecule has 6 aromatic rings. The van der Waals surface area contributed by atoms with Crippen molar-refractivity contribution in [2.75, 3.05) is 0 Å². The van der Waals surface area contributed by atoms with Gasteiger partial charge in [-0.3, -0.25) is 0 Å². The maximum Gasteiger partial charge on any atom is 0.145 e. The van der Waals surface area contributed by atoms with Gasteiger partial charge in [-0.25, -0.2) is 29.9 Å². The Morgan fingerprint density at radius 3 is 0.982 bits per heavy atom. The minimum atomic E-state index is -0.150. The summed E-state index contributed by atoms with van der Waals surface area (Å²) >= 11 is 0. The summed E-state index contributed by atoms with van der Waals surface area (Å²) in [5, 5.41) is 0. The molecule has 4 heterocycles. The van der Waals surface area contributed by atoms with Gasteiger partial charge in [0.15, 0.2) is 0 Å². The van der Waals surface area contributed by atoms with Crippen molar-refractivity contribution in [1.82, 2.24) is 39.9 Å². The molecule has 12 heteroatoms. The summed E-state index contributed by atoms with van der Waals surface area (Å²) in [5.74, 6) is 4.61. The third-order valence-corrected chi connectivity index (χ3v) is 7.96. The second-order valence-electron chi connectivity index (χ2n) is 17.0. The molecular formula is C44H50Ir2N8UV-2. The molecule has 0 aliphatic carbocycles. The molecule has 8 nitrogen and oxygen atoms in total. The molecule has 0 amide bonds. The third kappa shape index (κ3) is 13.9. The molecule has 2 aromatic carbocycles. The molecule has 0 N–H and O–H groups in total. The van der Waals surface area contributed by atoms with Crippen LogP contribution in [0.2, 0.25) is 0 Å². The van der Waals surface area contributed by atoms with Gasteiger partial charge in [0.2, 0.25) is 0 Å². The summed E-state index contributed by atoms with van der Waals surface area (Å²) < 4.78 is 0. The van der Waals surface area contributed by atoms with E-state index in [1.165, 1.54) is 0 Å². The molecule has 0 fully saturated rings. The van der Waals surface area contributed by atoms with E-state index in [0.717, 1.165) is 56.9 Å². The molecule has 0 aliphatic heterocycles. The van der Waals surface area contributed by atoms with Gasteiger partial charge in [-0.05, 0) is 23.5 Å². The Hall–Kier alpha value is -2.30. The fraction of sp³-hybridized carbons (Fsp3) is 0.364. The summed E-state index contributed by atoms with van der Waals surface area (Å²) in [6.07, 6.45) is 3.57. The Bertz CT molecular complexity index is 1920. The molecule has 295 valence electrons. The number of nitrogens with zero attached hydrogens (tertiary/aromatic N) is 8. The molecule has 56 heavy (non-hydrogen) atoms. The molecule has 0 atom stereocenters. The van der Waals surface area contributed by atoms with Crippen LogP contribution in [0.25, 0.3) is 45.3 Å². The maximum atomic E-state index is 4.77. The Kier molecular flexibility index (Phi) is 19.5. The van der Waals surface area contributed by atoms with Crippen LogP contribution in [0.1, 0.15) is 106 Å². The molecule has 0 unspecified atom stereocenters. The number of rotatable bonds is 4. The van der Waals surface area contributed by atoms with Gasteiger partial charge in [0, 0.05) is 124 Å². The van der Waals surface area contributed by atoms with Crippen LogP contribution in [0.4, 0.5) is 0 Å². The van der Waals surface area contributed by atoms with Gasteiger partial charge in [0.25, 0.3) is 0 Å². The average molecular weight is 1360 g/mol. The van der Waals surface area contributed by atoms with Crippen molar-refractivity contribution in [3.05, 3.63) is 121 Å². The number of aromatic nitrogens is 8. The van der Waals surface area contributed by atoms with E-state index in [1.54, 1.807) is 12.4 Å². The van der Waals surface area contributed by atoms with Crippen molar-refractivity contribution in [3.63, 3.8) is 0 Å². The second-order valence-corrected chi connectivity index (χ2v) is 17.0. The minimum absolute atomic E-state index is 0. The Morgan fingerprint density at radius 1 is 0.429 bits per heavy atom. The molecule has 0 aliphatic rings. The summed E-state index contributed by atoms with van der Waals surface area (Å²) in [5.41, 5.74) is 4.92. The first-order valence-corrected chi connectivity index (χ1v) is 17.7. The fourth-order valence-electron chi connectivity index (χ4n) is 4.90. The number of hydrogen-bond acceptors (Lipinski definition) is 8. The molecule has 0 saturated carbocycles. The predicted octanol–water partition coefficient (Wildman–Crippen LogP) is 9.98. The van der Waals surface area contributed by atoms with Crippen LogP contribution in [-0.2, 0) is 80.4 Å². The Labute approximate surface area is 396 Å². The monoisotopic (exact) mass is 1370 g/mol. The van der Waals surface area contributed by atoms with Crippen LogP contribution in [0.15, 0.2) is 85.2 Å². The molecule has 0 spiro atoms. The second kappa shape index (κ2) is 21.1. The van der Waals surface area contributed by atoms with Crippen LogP contribution < -0.4 is 0 Å². The molecule has 4 aromatic heterocycles. The molecule has 0 bridgehead atoms. The van der Waals surface area contributed by atoms with E-state index in [4.69, 9.17) is 29.9 Å². The van der Waals surface area contributed by atoms with E-state index < -0.39 is 0 Å².